The number of rotatable bonds is 14. The highest BCUT2D eigenvalue weighted by molar-refractivity contribution is 8.76. The van der Waals surface area contributed by atoms with Crippen LogP contribution in [0.25, 0.3) is 0 Å². The Morgan fingerprint density at radius 2 is 1.55 bits per heavy atom. The first kappa shape index (κ1) is 21.6. The summed E-state index contributed by atoms with van der Waals surface area (Å²) < 4.78 is 5.12. The molecule has 5 N–H and O–H groups in total. The molecule has 0 saturated carbocycles. The lowest BCUT2D eigenvalue weighted by molar-refractivity contribution is -0.144. The van der Waals surface area contributed by atoms with E-state index in [1.54, 1.807) is 0 Å². The molecule has 0 heterocycles. The van der Waals surface area contributed by atoms with E-state index in [1.807, 2.05) is 0 Å². The van der Waals surface area contributed by atoms with Gasteiger partial charge in [0.2, 0.25) is 0 Å². The normalized spacial score (nSPS) is 13.6. The maximum absolute atomic E-state index is 11.6. The molecule has 0 saturated heterocycles. The summed E-state index contributed by atoms with van der Waals surface area (Å²) in [5, 5.41) is 8.62. The highest BCUT2D eigenvalue weighted by Gasteiger charge is 2.16. The fourth-order valence-electron chi connectivity index (χ4n) is 1.54. The topological polar surface area (TPSA) is 116 Å². The second-order valence-electron chi connectivity index (χ2n) is 5.06. The molecule has 0 bridgehead atoms. The van der Waals surface area contributed by atoms with Gasteiger partial charge in [-0.05, 0) is 6.42 Å². The Bertz CT molecular complexity index is 319. The predicted octanol–water partition coefficient (Wildman–Crippen LogP) is 2.01. The van der Waals surface area contributed by atoms with E-state index in [-0.39, 0.29) is 5.75 Å². The van der Waals surface area contributed by atoms with Crippen LogP contribution >= 0.6 is 21.6 Å². The molecule has 0 radical (unpaired) electrons. The van der Waals surface area contributed by atoms with Crippen molar-refractivity contribution >= 4 is 33.5 Å². The molecule has 2 atom stereocenters. The van der Waals surface area contributed by atoms with Crippen LogP contribution in [0.3, 0.4) is 0 Å². The van der Waals surface area contributed by atoms with Gasteiger partial charge in [0.1, 0.15) is 12.1 Å². The third-order valence-electron chi connectivity index (χ3n) is 2.94. The summed E-state index contributed by atoms with van der Waals surface area (Å²) in [7, 11) is 2.63. The number of unbranched alkanes of at least 4 members (excludes halogenated alkanes) is 5. The minimum atomic E-state index is -1.03. The van der Waals surface area contributed by atoms with Crippen LogP contribution in [-0.4, -0.2) is 47.2 Å². The second-order valence-corrected chi connectivity index (χ2v) is 7.61. The van der Waals surface area contributed by atoms with Crippen LogP contribution in [0.4, 0.5) is 0 Å². The molecule has 0 aliphatic rings. The van der Waals surface area contributed by atoms with E-state index in [9.17, 15) is 9.59 Å². The summed E-state index contributed by atoms with van der Waals surface area (Å²) >= 11 is 0. The standard InChI is InChI=1S/C14H28N2O4S2/c1-2-3-4-5-6-7-8-20-14(19)12(16)10-22-21-9-11(15)13(17)18/h11-12H,2-10,15-16H2,1H3,(H,17,18)/t11-,12-/m0/s1. The van der Waals surface area contributed by atoms with Gasteiger partial charge in [-0.1, -0.05) is 60.6 Å². The first-order chi connectivity index (χ1) is 10.5. The van der Waals surface area contributed by atoms with Crippen molar-refractivity contribution in [1.29, 1.82) is 0 Å². The maximum atomic E-state index is 11.6. The number of hydrogen-bond acceptors (Lipinski definition) is 7. The fraction of sp³-hybridized carbons (Fsp3) is 0.857. The zero-order valence-corrected chi connectivity index (χ0v) is 14.8. The monoisotopic (exact) mass is 352 g/mol. The molecule has 0 unspecified atom stereocenters. The molecule has 0 rings (SSSR count). The summed E-state index contributed by atoms with van der Waals surface area (Å²) in [5.74, 6) is -0.772. The van der Waals surface area contributed by atoms with E-state index in [0.717, 1.165) is 12.8 Å². The van der Waals surface area contributed by atoms with Gasteiger partial charge in [0, 0.05) is 11.5 Å². The largest absolute Gasteiger partial charge is 0.480 e. The molecule has 0 aliphatic carbocycles. The number of carboxylic acids is 1. The van der Waals surface area contributed by atoms with Gasteiger partial charge in [-0.3, -0.25) is 9.59 Å². The number of ether oxygens (including phenoxy) is 1. The SMILES string of the molecule is CCCCCCCCOC(=O)[C@@H](N)CSSC[C@H](N)C(=O)O. The fourth-order valence-corrected chi connectivity index (χ4v) is 3.77. The third kappa shape index (κ3) is 12.1. The van der Waals surface area contributed by atoms with Crippen LogP contribution < -0.4 is 11.5 Å². The van der Waals surface area contributed by atoms with Gasteiger partial charge in [-0.15, -0.1) is 0 Å². The van der Waals surface area contributed by atoms with Gasteiger partial charge in [0.05, 0.1) is 6.61 Å². The number of aliphatic carboxylic acids is 1. The van der Waals surface area contributed by atoms with Gasteiger partial charge >= 0.3 is 11.9 Å². The summed E-state index contributed by atoms with van der Waals surface area (Å²) in [5.41, 5.74) is 11.1. The van der Waals surface area contributed by atoms with Crippen LogP contribution in [0, 0.1) is 0 Å². The lowest BCUT2D eigenvalue weighted by Crippen LogP contribution is -2.35. The van der Waals surface area contributed by atoms with Crippen molar-refractivity contribution in [3.05, 3.63) is 0 Å². The zero-order valence-electron chi connectivity index (χ0n) is 13.2. The Hall–Kier alpha value is -0.440. The van der Waals surface area contributed by atoms with Crippen LogP contribution in [0.2, 0.25) is 0 Å². The van der Waals surface area contributed by atoms with Gasteiger partial charge in [-0.2, -0.15) is 0 Å². The van der Waals surface area contributed by atoms with E-state index in [0.29, 0.717) is 12.4 Å². The number of carbonyl (C=O) groups is 2. The summed E-state index contributed by atoms with van der Waals surface area (Å²) in [6, 6.07) is -1.58. The lowest BCUT2D eigenvalue weighted by Gasteiger charge is -2.11. The first-order valence-corrected chi connectivity index (χ1v) is 10.1. The Labute approximate surface area is 140 Å². The first-order valence-electron chi connectivity index (χ1n) is 7.64. The van der Waals surface area contributed by atoms with Crippen molar-refractivity contribution in [2.24, 2.45) is 11.5 Å². The minimum Gasteiger partial charge on any atom is -0.480 e. The molecule has 130 valence electrons. The molecule has 0 aromatic heterocycles. The van der Waals surface area contributed by atoms with Crippen LogP contribution in [0.5, 0.6) is 0 Å². The number of esters is 1. The van der Waals surface area contributed by atoms with E-state index in [2.05, 4.69) is 6.92 Å². The predicted molar refractivity (Wildman–Crippen MR) is 92.8 cm³/mol. The molecule has 0 amide bonds. The zero-order chi connectivity index (χ0) is 16.8. The van der Waals surface area contributed by atoms with Gasteiger partial charge in [0.15, 0.2) is 0 Å². The van der Waals surface area contributed by atoms with Gasteiger partial charge in [0.25, 0.3) is 0 Å². The van der Waals surface area contributed by atoms with Gasteiger partial charge < -0.3 is 21.3 Å². The molecule has 0 aromatic carbocycles. The summed E-state index contributed by atoms with van der Waals surface area (Å²) in [6.07, 6.45) is 6.82. The maximum Gasteiger partial charge on any atom is 0.323 e. The highest BCUT2D eigenvalue weighted by Crippen LogP contribution is 2.22. The van der Waals surface area contributed by atoms with Crippen molar-refractivity contribution < 1.29 is 19.4 Å². The van der Waals surface area contributed by atoms with Crippen molar-refractivity contribution in [3.63, 3.8) is 0 Å². The lowest BCUT2D eigenvalue weighted by atomic mass is 10.1. The molecule has 8 heteroatoms. The Morgan fingerprint density at radius 3 is 2.14 bits per heavy atom. The third-order valence-corrected chi connectivity index (χ3v) is 5.41. The van der Waals surface area contributed by atoms with Crippen molar-refractivity contribution in [2.75, 3.05) is 18.1 Å². The Morgan fingerprint density at radius 1 is 1.00 bits per heavy atom. The number of hydrogen-bond donors (Lipinski definition) is 3. The van der Waals surface area contributed by atoms with E-state index < -0.39 is 24.0 Å². The smallest absolute Gasteiger partial charge is 0.323 e. The average molecular weight is 353 g/mol. The number of carbonyl (C=O) groups excluding carboxylic acids is 1. The van der Waals surface area contributed by atoms with Crippen molar-refractivity contribution in [2.45, 2.75) is 57.5 Å². The highest BCUT2D eigenvalue weighted by atomic mass is 33.1. The molecule has 6 nitrogen and oxygen atoms in total. The van der Waals surface area contributed by atoms with Crippen LogP contribution in [-0.2, 0) is 14.3 Å². The molecular weight excluding hydrogens is 324 g/mol. The molecule has 0 fully saturated rings. The molecular formula is C14H28N2O4S2. The van der Waals surface area contributed by atoms with Crippen molar-refractivity contribution in [1.82, 2.24) is 0 Å². The molecule has 22 heavy (non-hydrogen) atoms. The number of nitrogens with two attached hydrogens (primary N) is 2. The van der Waals surface area contributed by atoms with E-state index >= 15 is 0 Å². The summed E-state index contributed by atoms with van der Waals surface area (Å²) in [6.45, 7) is 2.59. The number of carboxylic acid groups (broad SMARTS) is 1. The average Bonchev–Trinajstić information content (AvgIpc) is 2.49. The second kappa shape index (κ2) is 14.2. The van der Waals surface area contributed by atoms with Crippen molar-refractivity contribution in [3.8, 4) is 0 Å². The Kier molecular flexibility index (Phi) is 13.9. The Balaban J connectivity index is 3.52. The summed E-state index contributed by atoms with van der Waals surface area (Å²) in [4.78, 5) is 22.1. The molecule has 0 aliphatic heterocycles. The quantitative estimate of drug-likeness (QED) is 0.247. The van der Waals surface area contributed by atoms with E-state index in [1.165, 1.54) is 47.3 Å². The van der Waals surface area contributed by atoms with E-state index in [4.69, 9.17) is 21.3 Å². The molecule has 0 spiro atoms. The molecule has 0 aromatic rings. The van der Waals surface area contributed by atoms with Gasteiger partial charge in [-0.25, -0.2) is 0 Å². The van der Waals surface area contributed by atoms with Crippen LogP contribution in [0.1, 0.15) is 45.4 Å². The minimum absolute atomic E-state index is 0.277. The van der Waals surface area contributed by atoms with Crippen LogP contribution in [0.15, 0.2) is 0 Å².